The molecule has 2 aromatic carbocycles. The number of carboxylic acid groups (broad SMARTS) is 1. The molecule has 0 radical (unpaired) electrons. The van der Waals surface area contributed by atoms with Gasteiger partial charge in [-0.3, -0.25) is 15.2 Å². The number of aliphatic carboxylic acids is 1. The van der Waals surface area contributed by atoms with E-state index in [0.717, 1.165) is 27.1 Å². The lowest BCUT2D eigenvalue weighted by atomic mass is 10.2. The third-order valence-corrected chi connectivity index (χ3v) is 5.18. The van der Waals surface area contributed by atoms with Gasteiger partial charge in [0, 0.05) is 29.2 Å². The molecule has 4 amide bonds. The van der Waals surface area contributed by atoms with Crippen LogP contribution in [0.2, 0.25) is 5.02 Å². The number of amides is 4. The van der Waals surface area contributed by atoms with Gasteiger partial charge < -0.3 is 15.8 Å². The van der Waals surface area contributed by atoms with Crippen LogP contribution in [-0.2, 0) is 11.3 Å². The molecule has 0 unspecified atom stereocenters. The number of aromatic nitrogens is 1. The second-order valence-corrected chi connectivity index (χ2v) is 8.11. The highest BCUT2D eigenvalue weighted by molar-refractivity contribution is 6.30. The van der Waals surface area contributed by atoms with E-state index in [2.05, 4.69) is 26.7 Å². The van der Waals surface area contributed by atoms with Crippen molar-refractivity contribution >= 4 is 46.2 Å². The number of benzene rings is 2. The summed E-state index contributed by atoms with van der Waals surface area (Å²) < 4.78 is 0. The van der Waals surface area contributed by atoms with E-state index in [9.17, 15) is 19.5 Å². The number of pyridine rings is 1. The summed E-state index contributed by atoms with van der Waals surface area (Å²) in [4.78, 5) is 41.8. The average molecular weight is 485 g/mol. The van der Waals surface area contributed by atoms with Crippen molar-refractivity contribution in [1.82, 2.24) is 26.2 Å². The van der Waals surface area contributed by atoms with E-state index in [1.165, 1.54) is 6.92 Å². The molecule has 0 saturated heterocycles. The number of hydrogen-bond acceptors (Lipinski definition) is 6. The first-order valence-corrected chi connectivity index (χ1v) is 10.8. The average Bonchev–Trinajstić information content (AvgIpc) is 2.81. The quantitative estimate of drug-likeness (QED) is 0.308. The molecule has 0 aliphatic carbocycles. The molecule has 0 fully saturated rings. The minimum Gasteiger partial charge on any atom is -0.481 e. The summed E-state index contributed by atoms with van der Waals surface area (Å²) >= 11 is 5.86. The van der Waals surface area contributed by atoms with Crippen LogP contribution in [0.15, 0.2) is 54.6 Å². The fourth-order valence-corrected chi connectivity index (χ4v) is 3.14. The Kier molecular flexibility index (Phi) is 8.23. The van der Waals surface area contributed by atoms with Gasteiger partial charge in [0.2, 0.25) is 0 Å². The Morgan fingerprint density at radius 2 is 1.79 bits per heavy atom. The summed E-state index contributed by atoms with van der Waals surface area (Å²) in [6.07, 6.45) is 0. The van der Waals surface area contributed by atoms with Crippen LogP contribution in [0, 0.1) is 12.8 Å². The number of carbonyl (C=O) groups excluding carboxylic acids is 2. The van der Waals surface area contributed by atoms with Gasteiger partial charge in [-0.05, 0) is 48.9 Å². The maximum atomic E-state index is 12.7. The van der Waals surface area contributed by atoms with E-state index in [1.807, 2.05) is 31.2 Å². The second kappa shape index (κ2) is 11.3. The highest BCUT2D eigenvalue weighted by atomic mass is 35.5. The van der Waals surface area contributed by atoms with E-state index in [0.29, 0.717) is 10.7 Å². The van der Waals surface area contributed by atoms with Crippen LogP contribution in [0.5, 0.6) is 0 Å². The fourth-order valence-electron chi connectivity index (χ4n) is 3.01. The Morgan fingerprint density at radius 1 is 1.06 bits per heavy atom. The molecule has 0 bridgehead atoms. The number of hydrazine groups is 2. The van der Waals surface area contributed by atoms with Crippen molar-refractivity contribution in [2.75, 3.05) is 12.0 Å². The molecule has 34 heavy (non-hydrogen) atoms. The summed E-state index contributed by atoms with van der Waals surface area (Å²) in [5.74, 6) is -2.09. The minimum atomic E-state index is -1.13. The highest BCUT2D eigenvalue weighted by Gasteiger charge is 2.26. The van der Waals surface area contributed by atoms with Crippen LogP contribution in [0.25, 0.3) is 10.9 Å². The number of carboxylic acids is 1. The normalized spacial score (nSPS) is 11.5. The molecule has 5 N–H and O–H groups in total. The predicted octanol–water partition coefficient (Wildman–Crippen LogP) is 3.67. The van der Waals surface area contributed by atoms with Crippen LogP contribution in [0.1, 0.15) is 18.2 Å². The number of fused-ring (bicyclic) bond motifs is 1. The molecule has 178 valence electrons. The van der Waals surface area contributed by atoms with Gasteiger partial charge >= 0.3 is 18.0 Å². The van der Waals surface area contributed by atoms with Crippen molar-refractivity contribution in [3.63, 3.8) is 0 Å². The Hall–Kier alpha value is -3.89. The van der Waals surface area contributed by atoms with E-state index in [4.69, 9.17) is 11.6 Å². The van der Waals surface area contributed by atoms with Gasteiger partial charge in [-0.1, -0.05) is 36.7 Å². The van der Waals surface area contributed by atoms with Crippen LogP contribution in [0.3, 0.4) is 0 Å². The summed E-state index contributed by atoms with van der Waals surface area (Å²) in [7, 11) is 0. The molecular weight excluding hydrogens is 460 g/mol. The van der Waals surface area contributed by atoms with Gasteiger partial charge in [-0.2, -0.15) is 0 Å². The van der Waals surface area contributed by atoms with E-state index < -0.39 is 23.9 Å². The molecule has 1 heterocycles. The molecule has 3 rings (SSSR count). The van der Waals surface area contributed by atoms with E-state index >= 15 is 0 Å². The van der Waals surface area contributed by atoms with E-state index in [-0.39, 0.29) is 13.1 Å². The topological polar surface area (TPSA) is 136 Å². The third kappa shape index (κ3) is 6.80. The third-order valence-electron chi connectivity index (χ3n) is 4.93. The molecular formula is C23H25ClN6O4. The number of urea groups is 2. The van der Waals surface area contributed by atoms with Crippen LogP contribution in [-0.4, -0.2) is 39.6 Å². The number of imide groups is 1. The number of nitrogens with zero attached hydrogens (tertiary/aromatic N) is 2. The van der Waals surface area contributed by atoms with Crippen molar-refractivity contribution in [3.8, 4) is 0 Å². The molecule has 11 heteroatoms. The molecule has 10 nitrogen and oxygen atoms in total. The smallest absolute Gasteiger partial charge is 0.341 e. The monoisotopic (exact) mass is 484 g/mol. The van der Waals surface area contributed by atoms with Crippen molar-refractivity contribution in [2.45, 2.75) is 20.4 Å². The summed E-state index contributed by atoms with van der Waals surface area (Å²) in [6.45, 7) is 3.13. The van der Waals surface area contributed by atoms with Gasteiger partial charge in [0.05, 0.1) is 17.1 Å². The van der Waals surface area contributed by atoms with Gasteiger partial charge in [-0.15, -0.1) is 5.53 Å². The number of aryl methyl sites for hydroxylation is 1. The molecule has 0 saturated carbocycles. The molecule has 3 aromatic rings. The lowest BCUT2D eigenvalue weighted by Crippen LogP contribution is -2.54. The first-order valence-electron chi connectivity index (χ1n) is 10.4. The summed E-state index contributed by atoms with van der Waals surface area (Å²) in [6, 6.07) is 14.5. The van der Waals surface area contributed by atoms with E-state index in [1.54, 1.807) is 30.3 Å². The first kappa shape index (κ1) is 24.7. The number of rotatable bonds is 8. The number of carbonyl (C=O) groups is 3. The van der Waals surface area contributed by atoms with Crippen molar-refractivity contribution < 1.29 is 19.5 Å². The van der Waals surface area contributed by atoms with Gasteiger partial charge in [0.25, 0.3) is 0 Å². The standard InChI is InChI=1S/C23H25ClN6O4/c1-14(21(31)32)13-30(22(33)25-12-16-4-7-18(24)8-5-16)23(34)28-29-27-19-9-10-20-17(11-19)6-3-15(2)26-20/h3-11,14,27,29H,12-13H2,1-2H3,(H,25,33)(H,28,34)(H,31,32)/t14-/m0/s1. The molecule has 0 aliphatic heterocycles. The zero-order chi connectivity index (χ0) is 24.7. The lowest BCUT2D eigenvalue weighted by Gasteiger charge is -2.23. The van der Waals surface area contributed by atoms with Crippen molar-refractivity contribution in [2.24, 2.45) is 5.92 Å². The Morgan fingerprint density at radius 3 is 2.50 bits per heavy atom. The van der Waals surface area contributed by atoms with Crippen molar-refractivity contribution in [1.29, 1.82) is 0 Å². The maximum absolute atomic E-state index is 12.7. The Balaban J connectivity index is 1.60. The molecule has 0 aliphatic rings. The molecule has 1 aromatic heterocycles. The Labute approximate surface area is 201 Å². The van der Waals surface area contributed by atoms with Gasteiger partial charge in [-0.25, -0.2) is 14.5 Å². The number of anilines is 1. The second-order valence-electron chi connectivity index (χ2n) is 7.68. The largest absolute Gasteiger partial charge is 0.481 e. The number of hydrogen-bond donors (Lipinski definition) is 5. The van der Waals surface area contributed by atoms with Crippen LogP contribution < -0.4 is 21.7 Å². The molecule has 0 spiro atoms. The lowest BCUT2D eigenvalue weighted by molar-refractivity contribution is -0.141. The number of halogens is 1. The fraction of sp³-hybridized carbons (Fsp3) is 0.217. The van der Waals surface area contributed by atoms with Crippen molar-refractivity contribution in [3.05, 3.63) is 70.9 Å². The van der Waals surface area contributed by atoms with Gasteiger partial charge in [0.15, 0.2) is 0 Å². The molecule has 1 atom stereocenters. The predicted molar refractivity (Wildman–Crippen MR) is 129 cm³/mol. The number of nitrogens with one attached hydrogen (secondary N) is 4. The highest BCUT2D eigenvalue weighted by Crippen LogP contribution is 2.17. The van der Waals surface area contributed by atoms with Crippen LogP contribution in [0.4, 0.5) is 15.3 Å². The Bertz CT molecular complexity index is 1190. The van der Waals surface area contributed by atoms with Crippen LogP contribution >= 0.6 is 11.6 Å². The minimum absolute atomic E-state index is 0.136. The van der Waals surface area contributed by atoms with Gasteiger partial charge in [0.1, 0.15) is 0 Å². The summed E-state index contributed by atoms with van der Waals surface area (Å²) in [5, 5.41) is 13.3. The zero-order valence-corrected chi connectivity index (χ0v) is 19.4. The SMILES string of the molecule is Cc1ccc2cc(NNNC(=O)N(C[C@H](C)C(=O)O)C(=O)NCc3ccc(Cl)cc3)ccc2n1. The zero-order valence-electron chi connectivity index (χ0n) is 18.6. The maximum Gasteiger partial charge on any atom is 0.341 e. The first-order chi connectivity index (χ1) is 16.2. The summed E-state index contributed by atoms with van der Waals surface area (Å²) in [5.41, 5.74) is 10.9.